The Balaban J connectivity index is 0.000000192. The number of nitrogens with one attached hydrogen (secondary N) is 2. The third-order valence-electron chi connectivity index (χ3n) is 3.88. The van der Waals surface area contributed by atoms with Crippen LogP contribution in [0.25, 0.3) is 11.1 Å². The molecule has 1 aliphatic heterocycles. The number of hydrogen-bond acceptors (Lipinski definition) is 1. The quantitative estimate of drug-likeness (QED) is 0.628. The van der Waals surface area contributed by atoms with Gasteiger partial charge in [-0.2, -0.15) is 0 Å². The van der Waals surface area contributed by atoms with Gasteiger partial charge < -0.3 is 10.6 Å². The van der Waals surface area contributed by atoms with Crippen LogP contribution in [0.3, 0.4) is 0 Å². The van der Waals surface area contributed by atoms with Crippen molar-refractivity contribution in [3.05, 3.63) is 90.0 Å². The van der Waals surface area contributed by atoms with Crippen molar-refractivity contribution in [2.45, 2.75) is 6.54 Å². The van der Waals surface area contributed by atoms with Crippen molar-refractivity contribution in [2.75, 3.05) is 5.32 Å². The molecule has 4 rings (SSSR count). The topological polar surface area (TPSA) is 41.1 Å². The summed E-state index contributed by atoms with van der Waals surface area (Å²) in [6, 6.07) is 25.6. The highest BCUT2D eigenvalue weighted by atomic mass is 16.2. The molecule has 1 heterocycles. The number of amides is 2. The minimum absolute atomic E-state index is 0.136. The zero-order valence-electron chi connectivity index (χ0n) is 13.7. The first-order chi connectivity index (χ1) is 12.3. The highest BCUT2D eigenvalue weighted by Gasteiger charge is 2.16. The Kier molecular flexibility index (Phi) is 5.13. The van der Waals surface area contributed by atoms with Crippen LogP contribution in [0.5, 0.6) is 0 Å². The summed E-state index contributed by atoms with van der Waals surface area (Å²) < 4.78 is 0. The summed E-state index contributed by atoms with van der Waals surface area (Å²) in [6.45, 7) is 0.576. The van der Waals surface area contributed by atoms with E-state index in [-0.39, 0.29) is 6.03 Å². The first kappa shape index (κ1) is 16.4. The number of anilines is 1. The molecule has 0 fully saturated rings. The Bertz CT molecular complexity index is 896. The minimum atomic E-state index is -0.136. The zero-order chi connectivity index (χ0) is 17.5. The van der Waals surface area contributed by atoms with Crippen molar-refractivity contribution < 1.29 is 4.79 Å². The van der Waals surface area contributed by atoms with Gasteiger partial charge in [0.25, 0.3) is 0 Å². The van der Waals surface area contributed by atoms with E-state index in [0.717, 1.165) is 22.4 Å². The molecule has 2 N–H and O–H groups in total. The van der Waals surface area contributed by atoms with Crippen LogP contribution >= 0.6 is 0 Å². The first-order valence-corrected chi connectivity index (χ1v) is 8.02. The molecule has 0 aliphatic carbocycles. The number of hydrogen-bond donors (Lipinski definition) is 2. The largest absolute Gasteiger partial charge is 0.334 e. The minimum Gasteiger partial charge on any atom is -0.334 e. The maximum Gasteiger partial charge on any atom is 0.319 e. The normalized spacial score (nSPS) is 11.7. The standard InChI is InChI=1S/C14H12N2O.C8H6/c17-14-15-9-12-11(7-4-8-13(12)16-14)10-5-2-1-3-6-10;1-2-8-6-4-3-5-7-8/h1-8H,9H2,(H2,15,16,17);1,3-7H. The highest BCUT2D eigenvalue weighted by molar-refractivity contribution is 5.94. The second-order valence-electron chi connectivity index (χ2n) is 5.52. The van der Waals surface area contributed by atoms with Crippen molar-refractivity contribution in [1.82, 2.24) is 5.32 Å². The molecule has 3 heteroatoms. The van der Waals surface area contributed by atoms with E-state index in [2.05, 4.69) is 34.8 Å². The van der Waals surface area contributed by atoms with Gasteiger partial charge in [0.2, 0.25) is 0 Å². The van der Waals surface area contributed by atoms with Crippen LogP contribution in [0.15, 0.2) is 78.9 Å². The number of carbonyl (C=O) groups excluding carboxylic acids is 1. The lowest BCUT2D eigenvalue weighted by molar-refractivity contribution is 0.251. The smallest absolute Gasteiger partial charge is 0.319 e. The summed E-state index contributed by atoms with van der Waals surface area (Å²) in [7, 11) is 0. The fourth-order valence-electron chi connectivity index (χ4n) is 2.65. The lowest BCUT2D eigenvalue weighted by Gasteiger charge is -2.21. The summed E-state index contributed by atoms with van der Waals surface area (Å²) in [5.41, 5.74) is 5.30. The maximum absolute atomic E-state index is 11.3. The van der Waals surface area contributed by atoms with E-state index in [4.69, 9.17) is 6.42 Å². The van der Waals surface area contributed by atoms with Gasteiger partial charge in [0.15, 0.2) is 0 Å². The molecule has 3 aromatic carbocycles. The maximum atomic E-state index is 11.3. The van der Waals surface area contributed by atoms with Crippen molar-refractivity contribution >= 4 is 11.7 Å². The van der Waals surface area contributed by atoms with E-state index >= 15 is 0 Å². The zero-order valence-corrected chi connectivity index (χ0v) is 13.7. The Morgan fingerprint density at radius 3 is 2.16 bits per heavy atom. The van der Waals surface area contributed by atoms with Crippen molar-refractivity contribution in [3.63, 3.8) is 0 Å². The average Bonchev–Trinajstić information content (AvgIpc) is 2.69. The highest BCUT2D eigenvalue weighted by Crippen LogP contribution is 2.30. The van der Waals surface area contributed by atoms with Gasteiger partial charge in [-0.1, -0.05) is 66.6 Å². The molecule has 122 valence electrons. The summed E-state index contributed by atoms with van der Waals surface area (Å²) in [6.07, 6.45) is 5.10. The van der Waals surface area contributed by atoms with E-state index in [9.17, 15) is 4.79 Å². The first-order valence-electron chi connectivity index (χ1n) is 8.02. The second-order valence-corrected chi connectivity index (χ2v) is 5.52. The Morgan fingerprint density at radius 2 is 1.52 bits per heavy atom. The van der Waals surface area contributed by atoms with Crippen LogP contribution in [0, 0.1) is 12.3 Å². The lowest BCUT2D eigenvalue weighted by atomic mass is 9.97. The van der Waals surface area contributed by atoms with E-state index in [1.807, 2.05) is 60.7 Å². The van der Waals surface area contributed by atoms with Crippen molar-refractivity contribution in [1.29, 1.82) is 0 Å². The van der Waals surface area contributed by atoms with Crippen LogP contribution in [0.1, 0.15) is 11.1 Å². The predicted molar refractivity (Wildman–Crippen MR) is 102 cm³/mol. The van der Waals surface area contributed by atoms with Gasteiger partial charge in [-0.25, -0.2) is 4.79 Å². The van der Waals surface area contributed by atoms with Crippen LogP contribution in [-0.2, 0) is 6.54 Å². The average molecular weight is 326 g/mol. The van der Waals surface area contributed by atoms with Crippen LogP contribution in [0.4, 0.5) is 10.5 Å². The molecule has 1 aliphatic rings. The summed E-state index contributed by atoms with van der Waals surface area (Å²) >= 11 is 0. The molecule has 2 amide bonds. The van der Waals surface area contributed by atoms with Crippen molar-refractivity contribution in [2.24, 2.45) is 0 Å². The summed E-state index contributed by atoms with van der Waals surface area (Å²) in [4.78, 5) is 11.3. The number of fused-ring (bicyclic) bond motifs is 1. The third kappa shape index (κ3) is 4.07. The van der Waals surface area contributed by atoms with Crippen LogP contribution in [0.2, 0.25) is 0 Å². The lowest BCUT2D eigenvalue weighted by Crippen LogP contribution is -2.33. The van der Waals surface area contributed by atoms with Gasteiger partial charge in [-0.15, -0.1) is 6.42 Å². The molecule has 3 aromatic rings. The second kappa shape index (κ2) is 7.85. The van der Waals surface area contributed by atoms with E-state index in [0.29, 0.717) is 6.54 Å². The molecule has 0 radical (unpaired) electrons. The predicted octanol–water partition coefficient (Wildman–Crippen LogP) is 4.66. The SMILES string of the molecule is C#Cc1ccccc1.O=C1NCc2c(cccc2-c2ccccc2)N1. The Labute approximate surface area is 147 Å². The fourth-order valence-corrected chi connectivity index (χ4v) is 2.65. The van der Waals surface area contributed by atoms with Gasteiger partial charge in [-0.3, -0.25) is 0 Å². The number of terminal acetylenes is 1. The van der Waals surface area contributed by atoms with E-state index in [1.54, 1.807) is 0 Å². The molecule has 0 spiro atoms. The molecular formula is C22H18N2O. The van der Waals surface area contributed by atoms with Gasteiger partial charge in [0.1, 0.15) is 0 Å². The molecule has 0 unspecified atom stereocenters. The molecule has 0 saturated carbocycles. The van der Waals surface area contributed by atoms with Crippen LogP contribution in [-0.4, -0.2) is 6.03 Å². The molecular weight excluding hydrogens is 308 g/mol. The van der Waals surface area contributed by atoms with Crippen LogP contribution < -0.4 is 10.6 Å². The Hall–Kier alpha value is -3.51. The molecule has 0 saturated heterocycles. The monoisotopic (exact) mass is 326 g/mol. The number of benzene rings is 3. The fraction of sp³-hybridized carbons (Fsp3) is 0.0455. The summed E-state index contributed by atoms with van der Waals surface area (Å²) in [5.74, 6) is 2.53. The van der Waals surface area contributed by atoms with Gasteiger partial charge in [0, 0.05) is 23.4 Å². The molecule has 0 aromatic heterocycles. The van der Waals surface area contributed by atoms with Gasteiger partial charge in [0.05, 0.1) is 0 Å². The van der Waals surface area contributed by atoms with E-state index in [1.165, 1.54) is 5.56 Å². The molecule has 3 nitrogen and oxygen atoms in total. The number of urea groups is 1. The van der Waals surface area contributed by atoms with E-state index < -0.39 is 0 Å². The number of carbonyl (C=O) groups is 1. The van der Waals surface area contributed by atoms with Crippen molar-refractivity contribution in [3.8, 4) is 23.5 Å². The van der Waals surface area contributed by atoms with Gasteiger partial charge in [-0.05, 0) is 29.3 Å². The van der Waals surface area contributed by atoms with Gasteiger partial charge >= 0.3 is 6.03 Å². The number of rotatable bonds is 1. The Morgan fingerprint density at radius 1 is 0.840 bits per heavy atom. The third-order valence-corrected chi connectivity index (χ3v) is 3.88. The molecule has 0 atom stereocenters. The molecule has 0 bridgehead atoms. The summed E-state index contributed by atoms with van der Waals surface area (Å²) in [5, 5.41) is 5.62. The molecule has 25 heavy (non-hydrogen) atoms.